The van der Waals surface area contributed by atoms with Gasteiger partial charge in [0, 0.05) is 13.1 Å². The highest BCUT2D eigenvalue weighted by atomic mass is 32.2. The number of hydrogen-bond donors (Lipinski definition) is 1. The summed E-state index contributed by atoms with van der Waals surface area (Å²) < 4.78 is 29.9. The Labute approximate surface area is 131 Å². The third-order valence-electron chi connectivity index (χ3n) is 3.02. The van der Waals surface area contributed by atoms with Gasteiger partial charge in [0.2, 0.25) is 15.9 Å². The number of amides is 1. The number of benzene rings is 1. The molecule has 0 aliphatic carbocycles. The van der Waals surface area contributed by atoms with E-state index < -0.39 is 10.0 Å². The second-order valence-electron chi connectivity index (χ2n) is 4.79. The summed E-state index contributed by atoms with van der Waals surface area (Å²) in [5, 5.41) is 2.57. The summed E-state index contributed by atoms with van der Waals surface area (Å²) in [6, 6.07) is 7.40. The monoisotopic (exact) mass is 326 g/mol. The molecule has 1 aromatic rings. The molecule has 1 aromatic carbocycles. The van der Waals surface area contributed by atoms with Crippen molar-refractivity contribution in [3.8, 4) is 5.75 Å². The van der Waals surface area contributed by atoms with Crippen molar-refractivity contribution in [2.45, 2.75) is 6.42 Å². The van der Waals surface area contributed by atoms with E-state index in [2.05, 4.69) is 11.9 Å². The Morgan fingerprint density at radius 2 is 2.18 bits per heavy atom. The van der Waals surface area contributed by atoms with Crippen LogP contribution in [-0.4, -0.2) is 51.6 Å². The number of methoxy groups -OCH3 is 1. The van der Waals surface area contributed by atoms with Crippen molar-refractivity contribution in [1.82, 2.24) is 9.62 Å². The van der Waals surface area contributed by atoms with Crippen LogP contribution in [0.5, 0.6) is 5.75 Å². The topological polar surface area (TPSA) is 75.7 Å². The number of nitrogens with one attached hydrogen (secondary N) is 1. The van der Waals surface area contributed by atoms with E-state index >= 15 is 0 Å². The number of sulfonamides is 1. The number of ether oxygens (including phenoxy) is 1. The molecule has 22 heavy (non-hydrogen) atoms. The molecule has 0 unspecified atom stereocenters. The van der Waals surface area contributed by atoms with Gasteiger partial charge in [0.25, 0.3) is 0 Å². The van der Waals surface area contributed by atoms with Gasteiger partial charge in [-0.2, -0.15) is 4.31 Å². The van der Waals surface area contributed by atoms with Crippen LogP contribution in [0, 0.1) is 0 Å². The largest absolute Gasteiger partial charge is 0.497 e. The van der Waals surface area contributed by atoms with Crippen LogP contribution in [0.2, 0.25) is 0 Å². The van der Waals surface area contributed by atoms with Crippen molar-refractivity contribution in [2.75, 3.05) is 33.0 Å². The van der Waals surface area contributed by atoms with E-state index in [4.69, 9.17) is 4.74 Å². The molecule has 1 rings (SSSR count). The fraction of sp³-hybridized carbons (Fsp3) is 0.400. The lowest BCUT2D eigenvalue weighted by atomic mass is 10.1. The number of nitrogens with zero attached hydrogens (tertiary/aromatic N) is 1. The fourth-order valence-corrected chi connectivity index (χ4v) is 2.62. The zero-order chi connectivity index (χ0) is 16.6. The molecule has 0 fully saturated rings. The molecule has 1 amide bonds. The smallest absolute Gasteiger partial charge is 0.235 e. The lowest BCUT2D eigenvalue weighted by Gasteiger charge is -2.19. The van der Waals surface area contributed by atoms with Gasteiger partial charge < -0.3 is 10.1 Å². The van der Waals surface area contributed by atoms with Crippen molar-refractivity contribution in [3.63, 3.8) is 0 Å². The minimum Gasteiger partial charge on any atom is -0.497 e. The molecule has 0 spiro atoms. The average Bonchev–Trinajstić information content (AvgIpc) is 2.48. The molecule has 0 saturated heterocycles. The summed E-state index contributed by atoms with van der Waals surface area (Å²) in [6.07, 6.45) is 3.14. The molecular formula is C15H22N2O4S. The molecule has 0 heterocycles. The Kier molecular flexibility index (Phi) is 7.07. The minimum absolute atomic E-state index is 0.198. The van der Waals surface area contributed by atoms with E-state index in [0.717, 1.165) is 16.1 Å². The van der Waals surface area contributed by atoms with Crippen LogP contribution in [0.4, 0.5) is 0 Å². The summed E-state index contributed by atoms with van der Waals surface area (Å²) >= 11 is 0. The van der Waals surface area contributed by atoms with E-state index in [9.17, 15) is 13.2 Å². The molecule has 122 valence electrons. The predicted molar refractivity (Wildman–Crippen MR) is 86.3 cm³/mol. The maximum atomic E-state index is 11.8. The molecular weight excluding hydrogens is 304 g/mol. The van der Waals surface area contributed by atoms with Gasteiger partial charge in [0.05, 0.1) is 19.9 Å². The Hall–Kier alpha value is -1.86. The van der Waals surface area contributed by atoms with Crippen LogP contribution in [0.3, 0.4) is 0 Å². The Morgan fingerprint density at radius 3 is 2.77 bits per heavy atom. The minimum atomic E-state index is -3.46. The second-order valence-corrected chi connectivity index (χ2v) is 6.77. The molecule has 0 aliphatic rings. The first-order chi connectivity index (χ1) is 10.4. The van der Waals surface area contributed by atoms with E-state index in [1.165, 1.54) is 0 Å². The van der Waals surface area contributed by atoms with Crippen LogP contribution < -0.4 is 10.1 Å². The fourth-order valence-electron chi connectivity index (χ4n) is 1.85. The van der Waals surface area contributed by atoms with Crippen molar-refractivity contribution in [1.29, 1.82) is 0 Å². The van der Waals surface area contributed by atoms with Gasteiger partial charge in [-0.15, -0.1) is 6.58 Å². The summed E-state index contributed by atoms with van der Waals surface area (Å²) in [7, 11) is -1.88. The molecule has 0 aromatic heterocycles. The zero-order valence-corrected chi connectivity index (χ0v) is 13.7. The van der Waals surface area contributed by atoms with Crippen LogP contribution in [0.15, 0.2) is 36.9 Å². The average molecular weight is 326 g/mol. The molecule has 0 radical (unpaired) electrons. The normalized spacial score (nSPS) is 11.2. The standard InChI is InChI=1S/C15H22N2O4S/c1-4-9-16-15(18)12-17(22(3,19)20)10-8-13-6-5-7-14(11-13)21-2/h4-7,11H,1,8-10,12H2,2-3H3,(H,16,18). The summed E-state index contributed by atoms with van der Waals surface area (Å²) in [4.78, 5) is 11.7. The quantitative estimate of drug-likeness (QED) is 0.681. The van der Waals surface area contributed by atoms with Gasteiger partial charge in [0.15, 0.2) is 0 Å². The van der Waals surface area contributed by atoms with Crippen molar-refractivity contribution < 1.29 is 17.9 Å². The lowest BCUT2D eigenvalue weighted by molar-refractivity contribution is -0.121. The molecule has 0 saturated carbocycles. The molecule has 1 N–H and O–H groups in total. The first kappa shape index (κ1) is 18.2. The van der Waals surface area contributed by atoms with Gasteiger partial charge >= 0.3 is 0 Å². The third kappa shape index (κ3) is 6.28. The van der Waals surface area contributed by atoms with Crippen LogP contribution >= 0.6 is 0 Å². The lowest BCUT2D eigenvalue weighted by Crippen LogP contribution is -2.41. The summed E-state index contributed by atoms with van der Waals surface area (Å²) in [6.45, 7) is 3.84. The second kappa shape index (κ2) is 8.55. The third-order valence-corrected chi connectivity index (χ3v) is 4.27. The zero-order valence-electron chi connectivity index (χ0n) is 12.9. The van der Waals surface area contributed by atoms with E-state index in [0.29, 0.717) is 18.7 Å². The molecule has 0 bridgehead atoms. The SMILES string of the molecule is C=CCNC(=O)CN(CCc1cccc(OC)c1)S(C)(=O)=O. The Morgan fingerprint density at radius 1 is 1.45 bits per heavy atom. The van der Waals surface area contributed by atoms with E-state index in [-0.39, 0.29) is 19.0 Å². The van der Waals surface area contributed by atoms with Gasteiger partial charge in [-0.1, -0.05) is 18.2 Å². The highest BCUT2D eigenvalue weighted by Gasteiger charge is 2.19. The van der Waals surface area contributed by atoms with Crippen LogP contribution in [0.1, 0.15) is 5.56 Å². The Bertz CT molecular complexity index is 614. The molecule has 7 heteroatoms. The van der Waals surface area contributed by atoms with Crippen LogP contribution in [-0.2, 0) is 21.2 Å². The van der Waals surface area contributed by atoms with Crippen molar-refractivity contribution >= 4 is 15.9 Å². The summed E-state index contributed by atoms with van der Waals surface area (Å²) in [5.41, 5.74) is 0.944. The van der Waals surface area contributed by atoms with Gasteiger partial charge in [0.1, 0.15) is 5.75 Å². The van der Waals surface area contributed by atoms with Crippen molar-refractivity contribution in [3.05, 3.63) is 42.5 Å². The number of carbonyl (C=O) groups excluding carboxylic acids is 1. The molecule has 0 aliphatic heterocycles. The van der Waals surface area contributed by atoms with E-state index in [1.807, 2.05) is 24.3 Å². The highest BCUT2D eigenvalue weighted by molar-refractivity contribution is 7.88. The summed E-state index contributed by atoms with van der Waals surface area (Å²) in [5.74, 6) is 0.364. The van der Waals surface area contributed by atoms with Crippen LogP contribution in [0.25, 0.3) is 0 Å². The maximum Gasteiger partial charge on any atom is 0.235 e. The predicted octanol–water partition coefficient (Wildman–Crippen LogP) is 0.801. The van der Waals surface area contributed by atoms with Gasteiger partial charge in [-0.05, 0) is 24.1 Å². The van der Waals surface area contributed by atoms with E-state index in [1.54, 1.807) is 13.2 Å². The van der Waals surface area contributed by atoms with Crippen molar-refractivity contribution in [2.24, 2.45) is 0 Å². The Balaban J connectivity index is 2.69. The first-order valence-corrected chi connectivity index (χ1v) is 8.67. The number of carbonyl (C=O) groups is 1. The van der Waals surface area contributed by atoms with Gasteiger partial charge in [-0.3, -0.25) is 4.79 Å². The maximum absolute atomic E-state index is 11.8. The van der Waals surface area contributed by atoms with Gasteiger partial charge in [-0.25, -0.2) is 8.42 Å². The molecule has 6 nitrogen and oxygen atoms in total. The first-order valence-electron chi connectivity index (χ1n) is 6.82. The number of rotatable bonds is 9. The highest BCUT2D eigenvalue weighted by Crippen LogP contribution is 2.13. The number of hydrogen-bond acceptors (Lipinski definition) is 4. The molecule has 0 atom stereocenters.